The predicted octanol–water partition coefficient (Wildman–Crippen LogP) is 2.33. The number of aromatic hydroxyl groups is 1. The largest absolute Gasteiger partial charge is 0.507 e. The third kappa shape index (κ3) is 2.36. The van der Waals surface area contributed by atoms with Crippen LogP contribution in [0.25, 0.3) is 0 Å². The summed E-state index contributed by atoms with van der Waals surface area (Å²) in [5.41, 5.74) is 1.75. The highest BCUT2D eigenvalue weighted by Crippen LogP contribution is 2.27. The van der Waals surface area contributed by atoms with E-state index in [-0.39, 0.29) is 0 Å². The number of hydrogen-bond donors (Lipinski definition) is 2. The van der Waals surface area contributed by atoms with Crippen LogP contribution < -0.4 is 5.32 Å². The zero-order chi connectivity index (χ0) is 9.84. The van der Waals surface area contributed by atoms with E-state index >= 15 is 0 Å². The maximum Gasteiger partial charge on any atom is 0.123 e. The van der Waals surface area contributed by atoms with Crippen molar-refractivity contribution in [2.75, 3.05) is 7.05 Å². The molecule has 0 atom stereocenters. The smallest absolute Gasteiger partial charge is 0.123 e. The second-order valence-electron chi connectivity index (χ2n) is 2.96. The van der Waals surface area contributed by atoms with E-state index in [0.29, 0.717) is 17.3 Å². The second kappa shape index (κ2) is 4.49. The molecule has 3 heteroatoms. The number of nitrogens with one attached hydrogen (secondary N) is 1. The molecule has 1 aromatic rings. The van der Waals surface area contributed by atoms with Crippen molar-refractivity contribution in [1.82, 2.24) is 5.32 Å². The summed E-state index contributed by atoms with van der Waals surface area (Å²) < 4.78 is 0. The van der Waals surface area contributed by atoms with Crippen LogP contribution in [0.3, 0.4) is 0 Å². The molecule has 0 aliphatic rings. The lowest BCUT2D eigenvalue weighted by atomic mass is 10.1. The molecule has 2 N–H and O–H groups in total. The molecular weight excluding hydrogens is 186 g/mol. The highest BCUT2D eigenvalue weighted by molar-refractivity contribution is 6.30. The van der Waals surface area contributed by atoms with Crippen molar-refractivity contribution in [3.63, 3.8) is 0 Å². The molecule has 0 aromatic heterocycles. The van der Waals surface area contributed by atoms with Crippen LogP contribution in [0, 0.1) is 0 Å². The van der Waals surface area contributed by atoms with Crippen LogP contribution in [-0.4, -0.2) is 12.2 Å². The maximum atomic E-state index is 9.75. The normalized spacial score (nSPS) is 10.4. The SMILES string of the molecule is CCc1cc(Cl)cc(CNC)c1O. The third-order valence-corrected chi connectivity index (χ3v) is 2.20. The van der Waals surface area contributed by atoms with Gasteiger partial charge < -0.3 is 10.4 Å². The minimum Gasteiger partial charge on any atom is -0.507 e. The van der Waals surface area contributed by atoms with E-state index in [1.807, 2.05) is 14.0 Å². The van der Waals surface area contributed by atoms with Crippen molar-refractivity contribution in [2.45, 2.75) is 19.9 Å². The first-order valence-corrected chi connectivity index (χ1v) is 4.71. The Bertz CT molecular complexity index is 299. The zero-order valence-electron chi connectivity index (χ0n) is 7.89. The summed E-state index contributed by atoms with van der Waals surface area (Å²) in [7, 11) is 1.84. The number of aryl methyl sites for hydroxylation is 1. The van der Waals surface area contributed by atoms with Crippen molar-refractivity contribution in [3.05, 3.63) is 28.3 Å². The Hall–Kier alpha value is -0.730. The van der Waals surface area contributed by atoms with Gasteiger partial charge in [-0.25, -0.2) is 0 Å². The number of hydrogen-bond acceptors (Lipinski definition) is 2. The number of rotatable bonds is 3. The van der Waals surface area contributed by atoms with Crippen molar-refractivity contribution in [2.24, 2.45) is 0 Å². The predicted molar refractivity (Wildman–Crippen MR) is 55.3 cm³/mol. The number of halogens is 1. The molecule has 0 amide bonds. The third-order valence-electron chi connectivity index (χ3n) is 1.98. The van der Waals surface area contributed by atoms with Crippen LogP contribution in [0.1, 0.15) is 18.1 Å². The Kier molecular flexibility index (Phi) is 3.58. The molecule has 0 saturated heterocycles. The number of benzene rings is 1. The van der Waals surface area contributed by atoms with E-state index in [1.165, 1.54) is 0 Å². The maximum absolute atomic E-state index is 9.75. The Balaban J connectivity index is 3.11. The van der Waals surface area contributed by atoms with Gasteiger partial charge in [0.25, 0.3) is 0 Å². The zero-order valence-corrected chi connectivity index (χ0v) is 8.65. The first-order chi connectivity index (χ1) is 6.19. The minimum atomic E-state index is 0.362. The Morgan fingerprint density at radius 2 is 2.00 bits per heavy atom. The summed E-state index contributed by atoms with van der Waals surface area (Å²) in [5.74, 6) is 0.362. The van der Waals surface area contributed by atoms with E-state index in [1.54, 1.807) is 12.1 Å². The second-order valence-corrected chi connectivity index (χ2v) is 3.39. The Morgan fingerprint density at radius 3 is 2.54 bits per heavy atom. The van der Waals surface area contributed by atoms with Gasteiger partial charge in [-0.05, 0) is 31.2 Å². The van der Waals surface area contributed by atoms with Gasteiger partial charge in [0, 0.05) is 17.1 Å². The first kappa shape index (κ1) is 10.4. The van der Waals surface area contributed by atoms with Crippen LogP contribution in [-0.2, 0) is 13.0 Å². The molecule has 0 spiro atoms. The van der Waals surface area contributed by atoms with Crippen LogP contribution in [0.2, 0.25) is 5.02 Å². The standard InChI is InChI=1S/C10H14ClNO/c1-3-7-4-9(11)5-8(6-12-2)10(7)13/h4-5,12-13H,3,6H2,1-2H3. The van der Waals surface area contributed by atoms with Gasteiger partial charge in [-0.15, -0.1) is 0 Å². The average Bonchev–Trinajstić information content (AvgIpc) is 2.11. The van der Waals surface area contributed by atoms with Crippen molar-refractivity contribution in [1.29, 1.82) is 0 Å². The molecule has 0 bridgehead atoms. The van der Waals surface area contributed by atoms with E-state index in [9.17, 15) is 5.11 Å². The quantitative estimate of drug-likeness (QED) is 0.783. The van der Waals surface area contributed by atoms with Crippen LogP contribution in [0.5, 0.6) is 5.75 Å². The van der Waals surface area contributed by atoms with Crippen LogP contribution in [0.4, 0.5) is 0 Å². The molecule has 72 valence electrons. The summed E-state index contributed by atoms with van der Waals surface area (Å²) in [6.07, 6.45) is 0.795. The van der Waals surface area contributed by atoms with Crippen molar-refractivity contribution < 1.29 is 5.11 Å². The fourth-order valence-corrected chi connectivity index (χ4v) is 1.58. The molecule has 0 unspecified atom stereocenters. The number of phenols is 1. The van der Waals surface area contributed by atoms with Crippen molar-refractivity contribution in [3.8, 4) is 5.75 Å². The van der Waals surface area contributed by atoms with Gasteiger partial charge in [-0.2, -0.15) is 0 Å². The lowest BCUT2D eigenvalue weighted by Gasteiger charge is -2.08. The lowest BCUT2D eigenvalue weighted by molar-refractivity contribution is 0.460. The van der Waals surface area contributed by atoms with Crippen LogP contribution in [0.15, 0.2) is 12.1 Å². The van der Waals surface area contributed by atoms with Gasteiger partial charge in [-0.1, -0.05) is 18.5 Å². The summed E-state index contributed by atoms with van der Waals surface area (Å²) in [4.78, 5) is 0. The molecule has 2 nitrogen and oxygen atoms in total. The van der Waals surface area contributed by atoms with Gasteiger partial charge in [0.2, 0.25) is 0 Å². The van der Waals surface area contributed by atoms with Crippen molar-refractivity contribution >= 4 is 11.6 Å². The molecule has 0 fully saturated rings. The van der Waals surface area contributed by atoms with Crippen LogP contribution >= 0.6 is 11.6 Å². The summed E-state index contributed by atoms with van der Waals surface area (Å²) in [5, 5.41) is 13.4. The topological polar surface area (TPSA) is 32.3 Å². The molecule has 0 aliphatic heterocycles. The monoisotopic (exact) mass is 199 g/mol. The van der Waals surface area contributed by atoms with Gasteiger partial charge in [0.05, 0.1) is 0 Å². The fraction of sp³-hybridized carbons (Fsp3) is 0.400. The Morgan fingerprint density at radius 1 is 1.38 bits per heavy atom. The molecule has 0 saturated carbocycles. The highest BCUT2D eigenvalue weighted by Gasteiger charge is 2.06. The van der Waals surface area contributed by atoms with E-state index in [4.69, 9.17) is 11.6 Å². The van der Waals surface area contributed by atoms with E-state index < -0.39 is 0 Å². The van der Waals surface area contributed by atoms with E-state index in [0.717, 1.165) is 17.5 Å². The fourth-order valence-electron chi connectivity index (χ4n) is 1.31. The molecule has 0 heterocycles. The average molecular weight is 200 g/mol. The van der Waals surface area contributed by atoms with Gasteiger partial charge in [0.15, 0.2) is 0 Å². The van der Waals surface area contributed by atoms with Gasteiger partial charge >= 0.3 is 0 Å². The van der Waals surface area contributed by atoms with Gasteiger partial charge in [0.1, 0.15) is 5.75 Å². The minimum absolute atomic E-state index is 0.362. The molecule has 1 aromatic carbocycles. The Labute approximate surface area is 83.5 Å². The lowest BCUT2D eigenvalue weighted by Crippen LogP contribution is -2.05. The van der Waals surface area contributed by atoms with Gasteiger partial charge in [-0.3, -0.25) is 0 Å². The highest BCUT2D eigenvalue weighted by atomic mass is 35.5. The first-order valence-electron chi connectivity index (χ1n) is 4.34. The summed E-state index contributed by atoms with van der Waals surface area (Å²) in [6, 6.07) is 3.59. The summed E-state index contributed by atoms with van der Waals surface area (Å²) in [6.45, 7) is 2.63. The molecule has 0 aliphatic carbocycles. The molecular formula is C10H14ClNO. The van der Waals surface area contributed by atoms with E-state index in [2.05, 4.69) is 5.32 Å². The number of phenolic OH excluding ortho intramolecular Hbond substituents is 1. The molecule has 1 rings (SSSR count). The molecule has 0 radical (unpaired) electrons. The summed E-state index contributed by atoms with van der Waals surface area (Å²) >= 11 is 5.90. The molecule has 13 heavy (non-hydrogen) atoms.